The van der Waals surface area contributed by atoms with Crippen LogP contribution in [0.3, 0.4) is 0 Å². The molecule has 1 aliphatic rings. The molecule has 3 aromatic rings. The van der Waals surface area contributed by atoms with Gasteiger partial charge in [0.15, 0.2) is 5.76 Å². The van der Waals surface area contributed by atoms with Gasteiger partial charge >= 0.3 is 5.97 Å². The lowest BCUT2D eigenvalue weighted by Crippen LogP contribution is -2.01. The maximum Gasteiger partial charge on any atom is 0.341 e. The third-order valence-corrected chi connectivity index (χ3v) is 4.54. The number of carbonyl (C=O) groups is 1. The predicted molar refractivity (Wildman–Crippen MR) is 87.4 cm³/mol. The zero-order valence-corrected chi connectivity index (χ0v) is 13.9. The molecule has 0 radical (unpaired) electrons. The molecular formula is C16H15ClN4O3. The Bertz CT molecular complexity index is 956. The van der Waals surface area contributed by atoms with Crippen LogP contribution in [-0.2, 0) is 0 Å². The minimum absolute atomic E-state index is 0.111. The molecule has 1 N–H and O–H groups in total. The van der Waals surface area contributed by atoms with E-state index < -0.39 is 5.97 Å². The number of rotatable bonds is 4. The van der Waals surface area contributed by atoms with Crippen LogP contribution in [0.1, 0.15) is 54.8 Å². The molecule has 1 fully saturated rings. The number of halogens is 1. The van der Waals surface area contributed by atoms with E-state index in [1.54, 1.807) is 0 Å². The van der Waals surface area contributed by atoms with Crippen LogP contribution in [-0.4, -0.2) is 30.8 Å². The predicted octanol–water partition coefficient (Wildman–Crippen LogP) is 3.90. The highest BCUT2D eigenvalue weighted by molar-refractivity contribution is 6.35. The standard InChI is InChI=1S/C16H15ClN4O3/c1-7(2)21-5-9(10-14(17)18-6-19-15(10)21)12-11(16(22)23)13(24-20-12)8-3-4-8/h5-8H,3-4H2,1-2H3,(H,22,23). The number of hydrogen-bond donors (Lipinski definition) is 1. The number of aromatic carboxylic acids is 1. The van der Waals surface area contributed by atoms with Crippen molar-refractivity contribution in [2.24, 2.45) is 0 Å². The smallest absolute Gasteiger partial charge is 0.341 e. The van der Waals surface area contributed by atoms with Crippen LogP contribution in [0, 0.1) is 0 Å². The quantitative estimate of drug-likeness (QED) is 0.720. The van der Waals surface area contributed by atoms with Crippen molar-refractivity contribution in [3.05, 3.63) is 29.0 Å². The van der Waals surface area contributed by atoms with Crippen LogP contribution in [0.25, 0.3) is 22.3 Å². The molecule has 0 bridgehead atoms. The lowest BCUT2D eigenvalue weighted by molar-refractivity contribution is 0.0695. The van der Waals surface area contributed by atoms with E-state index in [2.05, 4.69) is 15.1 Å². The van der Waals surface area contributed by atoms with Gasteiger partial charge in [0, 0.05) is 23.7 Å². The molecule has 1 aliphatic carbocycles. The molecule has 4 rings (SSSR count). The van der Waals surface area contributed by atoms with Crippen LogP contribution in [0.4, 0.5) is 0 Å². The van der Waals surface area contributed by atoms with Crippen LogP contribution >= 0.6 is 11.6 Å². The molecule has 24 heavy (non-hydrogen) atoms. The van der Waals surface area contributed by atoms with Crippen LogP contribution in [0.15, 0.2) is 17.0 Å². The highest BCUT2D eigenvalue weighted by Gasteiger charge is 2.36. The Hall–Kier alpha value is -2.41. The topological polar surface area (TPSA) is 94.0 Å². The second-order valence-electron chi connectivity index (χ2n) is 6.26. The van der Waals surface area contributed by atoms with Gasteiger partial charge in [-0.05, 0) is 26.7 Å². The molecule has 0 unspecified atom stereocenters. The first-order valence-electron chi connectivity index (χ1n) is 7.73. The Balaban J connectivity index is 2.03. The lowest BCUT2D eigenvalue weighted by atomic mass is 10.1. The molecule has 7 nitrogen and oxygen atoms in total. The Morgan fingerprint density at radius 1 is 1.42 bits per heavy atom. The van der Waals surface area contributed by atoms with Crippen molar-refractivity contribution in [2.45, 2.75) is 38.6 Å². The summed E-state index contributed by atoms with van der Waals surface area (Å²) in [6.07, 6.45) is 5.06. The van der Waals surface area contributed by atoms with E-state index in [4.69, 9.17) is 16.1 Å². The van der Waals surface area contributed by atoms with Gasteiger partial charge in [-0.1, -0.05) is 16.8 Å². The Morgan fingerprint density at radius 3 is 2.79 bits per heavy atom. The summed E-state index contributed by atoms with van der Waals surface area (Å²) in [7, 11) is 0. The van der Waals surface area contributed by atoms with E-state index in [0.717, 1.165) is 12.8 Å². The highest BCUT2D eigenvalue weighted by atomic mass is 35.5. The number of nitrogens with zero attached hydrogens (tertiary/aromatic N) is 4. The van der Waals surface area contributed by atoms with Crippen LogP contribution in [0.2, 0.25) is 5.15 Å². The summed E-state index contributed by atoms with van der Waals surface area (Å²) >= 11 is 6.27. The van der Waals surface area contributed by atoms with E-state index in [9.17, 15) is 9.90 Å². The van der Waals surface area contributed by atoms with E-state index in [1.807, 2.05) is 24.6 Å². The lowest BCUT2D eigenvalue weighted by Gasteiger charge is -2.07. The van der Waals surface area contributed by atoms with Crippen molar-refractivity contribution in [1.29, 1.82) is 0 Å². The Labute approximate surface area is 142 Å². The van der Waals surface area contributed by atoms with Gasteiger partial charge in [-0.3, -0.25) is 0 Å². The summed E-state index contributed by atoms with van der Waals surface area (Å²) in [5.41, 5.74) is 1.62. The van der Waals surface area contributed by atoms with Gasteiger partial charge in [0.05, 0.1) is 5.39 Å². The summed E-state index contributed by atoms with van der Waals surface area (Å²) in [6, 6.07) is 0.121. The monoisotopic (exact) mass is 346 g/mol. The van der Waals surface area contributed by atoms with E-state index in [1.165, 1.54) is 6.33 Å². The van der Waals surface area contributed by atoms with Crippen molar-refractivity contribution >= 4 is 28.6 Å². The molecule has 124 valence electrons. The van der Waals surface area contributed by atoms with Crippen molar-refractivity contribution in [1.82, 2.24) is 19.7 Å². The van der Waals surface area contributed by atoms with Crippen molar-refractivity contribution in [2.75, 3.05) is 0 Å². The summed E-state index contributed by atoms with van der Waals surface area (Å²) in [6.45, 7) is 4.02. The van der Waals surface area contributed by atoms with Gasteiger partial charge in [-0.15, -0.1) is 0 Å². The molecule has 8 heteroatoms. The van der Waals surface area contributed by atoms with Crippen LogP contribution < -0.4 is 0 Å². The minimum Gasteiger partial charge on any atom is -0.477 e. The molecule has 0 aromatic carbocycles. The largest absolute Gasteiger partial charge is 0.477 e. The number of carboxylic acids is 1. The first kappa shape index (κ1) is 15.1. The fraction of sp³-hybridized carbons (Fsp3) is 0.375. The second kappa shape index (κ2) is 5.31. The van der Waals surface area contributed by atoms with Crippen molar-refractivity contribution in [3.63, 3.8) is 0 Å². The molecule has 3 aromatic heterocycles. The molecule has 1 saturated carbocycles. The molecule has 0 spiro atoms. The van der Waals surface area contributed by atoms with Gasteiger partial charge in [-0.2, -0.15) is 0 Å². The first-order chi connectivity index (χ1) is 11.5. The molecule has 0 atom stereocenters. The van der Waals surface area contributed by atoms with Crippen molar-refractivity contribution in [3.8, 4) is 11.3 Å². The van der Waals surface area contributed by atoms with Crippen molar-refractivity contribution < 1.29 is 14.4 Å². The van der Waals surface area contributed by atoms with E-state index in [-0.39, 0.29) is 28.4 Å². The van der Waals surface area contributed by atoms with Gasteiger partial charge in [0.1, 0.15) is 28.4 Å². The van der Waals surface area contributed by atoms with Gasteiger partial charge in [-0.25, -0.2) is 14.8 Å². The summed E-state index contributed by atoms with van der Waals surface area (Å²) in [5.74, 6) is -0.468. The van der Waals surface area contributed by atoms with Gasteiger partial charge in [0.2, 0.25) is 0 Å². The first-order valence-corrected chi connectivity index (χ1v) is 8.11. The highest BCUT2D eigenvalue weighted by Crippen LogP contribution is 2.45. The molecular weight excluding hydrogens is 332 g/mol. The maximum absolute atomic E-state index is 11.8. The third kappa shape index (κ3) is 2.19. The summed E-state index contributed by atoms with van der Waals surface area (Å²) in [4.78, 5) is 20.1. The van der Waals surface area contributed by atoms with E-state index in [0.29, 0.717) is 22.4 Å². The average molecular weight is 347 g/mol. The number of hydrogen-bond acceptors (Lipinski definition) is 5. The minimum atomic E-state index is -1.05. The number of fused-ring (bicyclic) bond motifs is 1. The van der Waals surface area contributed by atoms with Gasteiger partial charge < -0.3 is 14.2 Å². The molecule has 0 aliphatic heterocycles. The zero-order chi connectivity index (χ0) is 17.0. The SMILES string of the molecule is CC(C)n1cc(-c2noc(C3CC3)c2C(=O)O)c2c(Cl)ncnc21. The summed E-state index contributed by atoms with van der Waals surface area (Å²) < 4.78 is 7.30. The summed E-state index contributed by atoms with van der Waals surface area (Å²) in [5, 5.41) is 14.6. The van der Waals surface area contributed by atoms with Crippen LogP contribution in [0.5, 0.6) is 0 Å². The molecule has 3 heterocycles. The number of aromatic nitrogens is 4. The third-order valence-electron chi connectivity index (χ3n) is 4.26. The Kier molecular flexibility index (Phi) is 3.35. The number of carboxylic acid groups (broad SMARTS) is 1. The Morgan fingerprint density at radius 2 is 2.17 bits per heavy atom. The van der Waals surface area contributed by atoms with E-state index >= 15 is 0 Å². The average Bonchev–Trinajstić information content (AvgIpc) is 3.14. The fourth-order valence-corrected chi connectivity index (χ4v) is 3.17. The van der Waals surface area contributed by atoms with Gasteiger partial charge in [0.25, 0.3) is 0 Å². The fourth-order valence-electron chi connectivity index (χ4n) is 2.94. The second-order valence-corrected chi connectivity index (χ2v) is 6.61. The molecule has 0 amide bonds. The maximum atomic E-state index is 11.8. The normalized spacial score (nSPS) is 14.7. The zero-order valence-electron chi connectivity index (χ0n) is 13.2. The molecule has 0 saturated heterocycles.